The summed E-state index contributed by atoms with van der Waals surface area (Å²) in [7, 11) is -4.59. The highest BCUT2D eigenvalue weighted by Gasteiger charge is 2.46. The van der Waals surface area contributed by atoms with E-state index in [2.05, 4.69) is 13.8 Å². The van der Waals surface area contributed by atoms with Gasteiger partial charge < -0.3 is 34.3 Å². The normalized spacial score (nSPS) is 22.2. The van der Waals surface area contributed by atoms with Gasteiger partial charge >= 0.3 is 11.9 Å². The molecule has 47 heavy (non-hydrogen) atoms. The number of ether oxygens (including phenoxy) is 4. The first kappa shape index (κ1) is 43.7. The number of aliphatic hydroxyl groups is 3. The molecule has 0 aromatic rings. The summed E-state index contributed by atoms with van der Waals surface area (Å²) in [5.41, 5.74) is 0. The van der Waals surface area contributed by atoms with Gasteiger partial charge in [0.25, 0.3) is 10.1 Å². The van der Waals surface area contributed by atoms with Crippen LogP contribution in [0.4, 0.5) is 0 Å². The van der Waals surface area contributed by atoms with E-state index < -0.39 is 71.2 Å². The third-order valence-electron chi connectivity index (χ3n) is 8.44. The SMILES string of the molecule is CCCCCCCCCCCCCCC(=O)O[C@H](COC(=O)CCCCCCCCC)CO[C@H]1O[C@H](CS(=O)(=O)O)[C@@H](O)C(O)C1O. The van der Waals surface area contributed by atoms with Crippen LogP contribution >= 0.6 is 0 Å². The largest absolute Gasteiger partial charge is 0.462 e. The number of aliphatic hydroxyl groups excluding tert-OH is 3. The van der Waals surface area contributed by atoms with Crippen molar-refractivity contribution in [3.8, 4) is 0 Å². The van der Waals surface area contributed by atoms with E-state index in [9.17, 15) is 33.3 Å². The second kappa shape index (κ2) is 26.5. The fourth-order valence-corrected chi connectivity index (χ4v) is 6.25. The Labute approximate surface area is 283 Å². The summed E-state index contributed by atoms with van der Waals surface area (Å²) < 4.78 is 53.6. The van der Waals surface area contributed by atoms with Crippen molar-refractivity contribution in [1.29, 1.82) is 0 Å². The third-order valence-corrected chi connectivity index (χ3v) is 9.19. The van der Waals surface area contributed by atoms with Gasteiger partial charge in [-0.15, -0.1) is 0 Å². The molecule has 12 nitrogen and oxygen atoms in total. The Balaban J connectivity index is 2.55. The van der Waals surface area contributed by atoms with Crippen LogP contribution in [-0.2, 0) is 38.7 Å². The minimum atomic E-state index is -4.59. The van der Waals surface area contributed by atoms with E-state index in [1.165, 1.54) is 70.6 Å². The summed E-state index contributed by atoms with van der Waals surface area (Å²) in [5, 5.41) is 30.6. The van der Waals surface area contributed by atoms with Crippen molar-refractivity contribution in [1.82, 2.24) is 0 Å². The summed E-state index contributed by atoms with van der Waals surface area (Å²) in [6.07, 6.45) is 11.9. The van der Waals surface area contributed by atoms with Gasteiger partial charge in [-0.25, -0.2) is 0 Å². The number of rotatable bonds is 29. The fourth-order valence-electron chi connectivity index (χ4n) is 5.56. The van der Waals surface area contributed by atoms with Crippen LogP contribution in [0.2, 0.25) is 0 Å². The lowest BCUT2D eigenvalue weighted by Crippen LogP contribution is -2.60. The smallest absolute Gasteiger partial charge is 0.306 e. The van der Waals surface area contributed by atoms with Crippen LogP contribution in [0.25, 0.3) is 0 Å². The Kier molecular flexibility index (Phi) is 24.6. The highest BCUT2D eigenvalue weighted by atomic mass is 32.2. The van der Waals surface area contributed by atoms with E-state index in [1.54, 1.807) is 0 Å². The molecular weight excluding hydrogens is 632 g/mol. The maximum absolute atomic E-state index is 12.7. The van der Waals surface area contributed by atoms with Crippen molar-refractivity contribution >= 4 is 22.1 Å². The minimum Gasteiger partial charge on any atom is -0.462 e. The standard InChI is InChI=1S/C34H64O12S/c1-3-5-7-9-11-12-13-14-15-17-19-21-23-30(36)45-27(24-43-29(35)22-20-18-16-10-8-6-4-2)25-44-34-33(39)32(38)31(37)28(46-34)26-47(40,41)42/h27-28,31-34,37-39H,3-26H2,1-2H3,(H,40,41,42)/t27-,28-,31-,32?,33?,34+/m1/s1. The molecule has 13 heteroatoms. The van der Waals surface area contributed by atoms with Gasteiger partial charge in [0.1, 0.15) is 36.8 Å². The van der Waals surface area contributed by atoms with E-state index in [0.29, 0.717) is 12.8 Å². The van der Waals surface area contributed by atoms with Crippen molar-refractivity contribution in [3.05, 3.63) is 0 Å². The average Bonchev–Trinajstić information content (AvgIpc) is 3.02. The Morgan fingerprint density at radius 1 is 0.638 bits per heavy atom. The maximum Gasteiger partial charge on any atom is 0.306 e. The number of hydrogen-bond donors (Lipinski definition) is 4. The number of unbranched alkanes of at least 4 members (excludes halogenated alkanes) is 17. The van der Waals surface area contributed by atoms with Crippen molar-refractivity contribution in [2.75, 3.05) is 19.0 Å². The fraction of sp³-hybridized carbons (Fsp3) is 0.941. The van der Waals surface area contributed by atoms with Gasteiger partial charge in [-0.05, 0) is 12.8 Å². The van der Waals surface area contributed by atoms with E-state index in [4.69, 9.17) is 23.5 Å². The van der Waals surface area contributed by atoms with Crippen LogP contribution in [0.15, 0.2) is 0 Å². The molecular formula is C34H64O12S. The molecule has 0 aliphatic carbocycles. The lowest BCUT2D eigenvalue weighted by Gasteiger charge is -2.40. The minimum absolute atomic E-state index is 0.170. The van der Waals surface area contributed by atoms with Crippen LogP contribution < -0.4 is 0 Å². The molecule has 0 saturated carbocycles. The van der Waals surface area contributed by atoms with Gasteiger partial charge in [-0.2, -0.15) is 8.42 Å². The molecule has 4 N–H and O–H groups in total. The third kappa shape index (κ3) is 22.1. The first-order valence-corrected chi connectivity index (χ1v) is 19.7. The summed E-state index contributed by atoms with van der Waals surface area (Å²) in [6, 6.07) is 0. The van der Waals surface area contributed by atoms with Crippen LogP contribution in [0, 0.1) is 0 Å². The van der Waals surface area contributed by atoms with E-state index in [0.717, 1.165) is 38.5 Å². The maximum atomic E-state index is 12.7. The Morgan fingerprint density at radius 2 is 1.09 bits per heavy atom. The molecule has 1 aliphatic heterocycles. The van der Waals surface area contributed by atoms with Gasteiger partial charge in [0.05, 0.1) is 6.61 Å². The molecule has 0 spiro atoms. The summed E-state index contributed by atoms with van der Waals surface area (Å²) in [6.45, 7) is 3.67. The Hall–Kier alpha value is -1.35. The lowest BCUT2D eigenvalue weighted by atomic mass is 10.00. The number of carbonyl (C=O) groups is 2. The van der Waals surface area contributed by atoms with Crippen LogP contribution in [0.1, 0.15) is 149 Å². The number of esters is 2. The Bertz CT molecular complexity index is 915. The summed E-state index contributed by atoms with van der Waals surface area (Å²) >= 11 is 0. The van der Waals surface area contributed by atoms with E-state index in [1.807, 2.05) is 0 Å². The first-order valence-electron chi connectivity index (χ1n) is 18.1. The van der Waals surface area contributed by atoms with E-state index in [-0.39, 0.29) is 19.4 Å². The van der Waals surface area contributed by atoms with Gasteiger partial charge in [-0.1, -0.05) is 123 Å². The van der Waals surface area contributed by atoms with Crippen molar-refractivity contribution in [2.24, 2.45) is 0 Å². The van der Waals surface area contributed by atoms with Crippen molar-refractivity contribution in [3.63, 3.8) is 0 Å². The monoisotopic (exact) mass is 696 g/mol. The Morgan fingerprint density at radius 3 is 1.55 bits per heavy atom. The highest BCUT2D eigenvalue weighted by molar-refractivity contribution is 7.85. The summed E-state index contributed by atoms with van der Waals surface area (Å²) in [4.78, 5) is 25.0. The van der Waals surface area contributed by atoms with Crippen LogP contribution in [0.5, 0.6) is 0 Å². The molecule has 1 heterocycles. The average molecular weight is 697 g/mol. The topological polar surface area (TPSA) is 186 Å². The van der Waals surface area contributed by atoms with Gasteiger partial charge in [0.2, 0.25) is 0 Å². The van der Waals surface area contributed by atoms with Crippen molar-refractivity contribution < 1.29 is 56.8 Å². The molecule has 2 unspecified atom stereocenters. The first-order chi connectivity index (χ1) is 22.5. The van der Waals surface area contributed by atoms with Crippen molar-refractivity contribution in [2.45, 2.75) is 185 Å². The lowest BCUT2D eigenvalue weighted by molar-refractivity contribution is -0.297. The molecule has 0 aromatic heterocycles. The van der Waals surface area contributed by atoms with E-state index >= 15 is 0 Å². The number of carbonyl (C=O) groups excluding carboxylic acids is 2. The number of hydrogen-bond acceptors (Lipinski definition) is 11. The van der Waals surface area contributed by atoms with Gasteiger partial charge in [-0.3, -0.25) is 14.1 Å². The highest BCUT2D eigenvalue weighted by Crippen LogP contribution is 2.24. The predicted molar refractivity (Wildman–Crippen MR) is 178 cm³/mol. The van der Waals surface area contributed by atoms with Gasteiger partial charge in [0.15, 0.2) is 12.4 Å². The molecule has 0 bridgehead atoms. The quantitative estimate of drug-likeness (QED) is 0.0445. The summed E-state index contributed by atoms with van der Waals surface area (Å²) in [5.74, 6) is -1.98. The molecule has 0 radical (unpaired) electrons. The zero-order valence-electron chi connectivity index (χ0n) is 28.9. The molecule has 0 amide bonds. The zero-order valence-corrected chi connectivity index (χ0v) is 29.7. The zero-order chi connectivity index (χ0) is 34.9. The van der Waals surface area contributed by atoms with Crippen LogP contribution in [-0.4, -0.2) is 96.0 Å². The molecule has 6 atom stereocenters. The molecule has 1 fully saturated rings. The van der Waals surface area contributed by atoms with Crippen LogP contribution in [0.3, 0.4) is 0 Å². The molecule has 0 aromatic carbocycles. The molecule has 278 valence electrons. The second-order valence-corrected chi connectivity index (χ2v) is 14.4. The molecule has 1 aliphatic rings. The molecule has 1 rings (SSSR count). The van der Waals surface area contributed by atoms with Gasteiger partial charge in [0, 0.05) is 12.8 Å². The molecule has 1 saturated heterocycles. The second-order valence-electron chi connectivity index (χ2n) is 12.9. The predicted octanol–water partition coefficient (Wildman–Crippen LogP) is 5.39.